The average molecular weight is 415 g/mol. The SMILES string of the molecule is CCCCCCCC/C=C\CCCCCCCCO.NCCCCC(N)C(=O)O. The molecule has 0 aliphatic rings. The third-order valence-corrected chi connectivity index (χ3v) is 4.96. The predicted molar refractivity (Wildman–Crippen MR) is 125 cm³/mol. The number of aliphatic hydroxyl groups is 1. The summed E-state index contributed by atoms with van der Waals surface area (Å²) in [5.74, 6) is -0.933. The summed E-state index contributed by atoms with van der Waals surface area (Å²) in [6, 6.07) is -0.716. The van der Waals surface area contributed by atoms with Crippen molar-refractivity contribution in [3.8, 4) is 0 Å². The van der Waals surface area contributed by atoms with Crippen molar-refractivity contribution in [1.29, 1.82) is 0 Å². The summed E-state index contributed by atoms with van der Waals surface area (Å²) in [7, 11) is 0. The fraction of sp³-hybridized carbons (Fsp3) is 0.875. The molecule has 0 aliphatic carbocycles. The van der Waals surface area contributed by atoms with Crippen molar-refractivity contribution in [1.82, 2.24) is 0 Å². The van der Waals surface area contributed by atoms with Gasteiger partial charge in [0.2, 0.25) is 0 Å². The third-order valence-electron chi connectivity index (χ3n) is 4.96. The zero-order valence-corrected chi connectivity index (χ0v) is 19.1. The minimum atomic E-state index is -0.933. The van der Waals surface area contributed by atoms with E-state index in [-0.39, 0.29) is 0 Å². The smallest absolute Gasteiger partial charge is 0.320 e. The van der Waals surface area contributed by atoms with Gasteiger partial charge in [0.05, 0.1) is 0 Å². The Bertz CT molecular complexity index is 349. The Balaban J connectivity index is 0. The maximum atomic E-state index is 10.1. The van der Waals surface area contributed by atoms with Crippen LogP contribution in [0.4, 0.5) is 0 Å². The molecule has 5 nitrogen and oxygen atoms in total. The van der Waals surface area contributed by atoms with E-state index < -0.39 is 12.0 Å². The predicted octanol–water partition coefficient (Wildman–Crippen LogP) is 5.54. The first-order chi connectivity index (χ1) is 14.1. The summed E-state index contributed by atoms with van der Waals surface area (Å²) < 4.78 is 0. The molecular formula is C24H50N2O3. The number of nitrogens with two attached hydrogens (primary N) is 2. The standard InChI is InChI=1S/C18H36O.C6H14N2O2/c1-2-3-4-5-6-7-8-9-10-11-12-13-14-15-16-17-18-19;7-4-2-1-3-5(8)6(9)10/h9-10,19H,2-8,11-18H2,1H3;5H,1-4,7-8H2,(H,9,10)/b10-9-;. The van der Waals surface area contributed by atoms with Crippen molar-refractivity contribution < 1.29 is 15.0 Å². The Labute approximate surface area is 180 Å². The monoisotopic (exact) mass is 414 g/mol. The van der Waals surface area contributed by atoms with Crippen LogP contribution < -0.4 is 11.5 Å². The third kappa shape index (κ3) is 29.4. The molecule has 0 radical (unpaired) electrons. The molecule has 0 heterocycles. The molecule has 1 unspecified atom stereocenters. The van der Waals surface area contributed by atoms with E-state index in [0.29, 0.717) is 19.6 Å². The number of aliphatic hydroxyl groups excluding tert-OH is 1. The van der Waals surface area contributed by atoms with Crippen LogP contribution in [0, 0.1) is 0 Å². The summed E-state index contributed by atoms with van der Waals surface area (Å²) in [5.41, 5.74) is 10.4. The first-order valence-electron chi connectivity index (χ1n) is 12.0. The maximum absolute atomic E-state index is 10.1. The highest BCUT2D eigenvalue weighted by molar-refractivity contribution is 5.72. The lowest BCUT2D eigenvalue weighted by atomic mass is 10.1. The molecule has 0 amide bonds. The molecule has 0 saturated carbocycles. The Hall–Kier alpha value is -0.910. The van der Waals surface area contributed by atoms with Crippen LogP contribution in [-0.4, -0.2) is 35.4 Å². The van der Waals surface area contributed by atoms with Crippen LogP contribution >= 0.6 is 0 Å². The van der Waals surface area contributed by atoms with Crippen molar-refractivity contribution in [2.45, 2.75) is 122 Å². The molecule has 0 fully saturated rings. The van der Waals surface area contributed by atoms with E-state index in [1.54, 1.807) is 0 Å². The molecule has 1 atom stereocenters. The van der Waals surface area contributed by atoms with Crippen LogP contribution in [0.5, 0.6) is 0 Å². The fourth-order valence-electron chi connectivity index (χ4n) is 2.99. The van der Waals surface area contributed by atoms with Gasteiger partial charge in [0.15, 0.2) is 0 Å². The summed E-state index contributed by atoms with van der Waals surface area (Å²) in [6.07, 6.45) is 25.4. The zero-order valence-electron chi connectivity index (χ0n) is 19.1. The van der Waals surface area contributed by atoms with Crippen molar-refractivity contribution in [2.24, 2.45) is 11.5 Å². The molecule has 0 bridgehead atoms. The zero-order chi connectivity index (χ0) is 22.0. The number of hydrogen-bond acceptors (Lipinski definition) is 4. The lowest BCUT2D eigenvalue weighted by Crippen LogP contribution is -2.29. The van der Waals surface area contributed by atoms with E-state index in [2.05, 4.69) is 19.1 Å². The number of allylic oxidation sites excluding steroid dienone is 2. The molecule has 0 aromatic heterocycles. The molecule has 0 aromatic rings. The first kappa shape index (κ1) is 30.3. The Kier molecular flexibility index (Phi) is 28.3. The van der Waals surface area contributed by atoms with Crippen LogP contribution in [0.3, 0.4) is 0 Å². The van der Waals surface area contributed by atoms with Gasteiger partial charge in [-0.3, -0.25) is 4.79 Å². The minimum Gasteiger partial charge on any atom is -0.480 e. The Morgan fingerprint density at radius 3 is 1.72 bits per heavy atom. The number of carboxylic acids is 1. The van der Waals surface area contributed by atoms with E-state index in [0.717, 1.165) is 19.3 Å². The second-order valence-corrected chi connectivity index (χ2v) is 7.89. The van der Waals surface area contributed by atoms with Crippen LogP contribution in [0.1, 0.15) is 116 Å². The highest BCUT2D eigenvalue weighted by atomic mass is 16.4. The minimum absolute atomic E-state index is 0.362. The van der Waals surface area contributed by atoms with Gasteiger partial charge in [-0.2, -0.15) is 0 Å². The molecular weight excluding hydrogens is 364 g/mol. The van der Waals surface area contributed by atoms with Crippen molar-refractivity contribution in [3.05, 3.63) is 12.2 Å². The van der Waals surface area contributed by atoms with Gasteiger partial charge in [0, 0.05) is 6.61 Å². The van der Waals surface area contributed by atoms with Crippen molar-refractivity contribution in [2.75, 3.05) is 13.2 Å². The van der Waals surface area contributed by atoms with Crippen molar-refractivity contribution >= 4 is 5.97 Å². The van der Waals surface area contributed by atoms with E-state index in [1.807, 2.05) is 0 Å². The molecule has 0 rings (SSSR count). The quantitative estimate of drug-likeness (QED) is 0.154. The van der Waals surface area contributed by atoms with Gasteiger partial charge in [-0.1, -0.05) is 83.3 Å². The van der Waals surface area contributed by atoms with E-state index in [4.69, 9.17) is 21.7 Å². The highest BCUT2D eigenvalue weighted by Crippen LogP contribution is 2.09. The second-order valence-electron chi connectivity index (χ2n) is 7.89. The summed E-state index contributed by atoms with van der Waals surface area (Å²) in [6.45, 7) is 3.24. The average Bonchev–Trinajstić information content (AvgIpc) is 2.71. The number of carboxylic acid groups (broad SMARTS) is 1. The molecule has 0 aliphatic heterocycles. The normalized spacial score (nSPS) is 12.0. The van der Waals surface area contributed by atoms with Gasteiger partial charge in [0.25, 0.3) is 0 Å². The lowest BCUT2D eigenvalue weighted by Gasteiger charge is -2.03. The molecule has 5 heteroatoms. The van der Waals surface area contributed by atoms with Crippen LogP contribution in [0.15, 0.2) is 12.2 Å². The van der Waals surface area contributed by atoms with Gasteiger partial charge in [-0.05, 0) is 51.5 Å². The summed E-state index contributed by atoms with van der Waals surface area (Å²) in [5, 5.41) is 17.0. The van der Waals surface area contributed by atoms with Gasteiger partial charge in [0.1, 0.15) is 6.04 Å². The Morgan fingerprint density at radius 2 is 1.28 bits per heavy atom. The molecule has 174 valence electrons. The topological polar surface area (TPSA) is 110 Å². The van der Waals surface area contributed by atoms with E-state index in [9.17, 15) is 4.79 Å². The lowest BCUT2D eigenvalue weighted by molar-refractivity contribution is -0.138. The summed E-state index contributed by atoms with van der Waals surface area (Å²) >= 11 is 0. The molecule has 0 aromatic carbocycles. The number of rotatable bonds is 20. The van der Waals surface area contributed by atoms with Gasteiger partial charge >= 0.3 is 5.97 Å². The molecule has 29 heavy (non-hydrogen) atoms. The second kappa shape index (κ2) is 27.1. The largest absolute Gasteiger partial charge is 0.480 e. The van der Waals surface area contributed by atoms with Gasteiger partial charge in [-0.15, -0.1) is 0 Å². The first-order valence-corrected chi connectivity index (χ1v) is 12.0. The molecule has 6 N–H and O–H groups in total. The van der Waals surface area contributed by atoms with Crippen LogP contribution in [-0.2, 0) is 4.79 Å². The molecule has 0 spiro atoms. The van der Waals surface area contributed by atoms with Crippen molar-refractivity contribution in [3.63, 3.8) is 0 Å². The molecule has 0 saturated heterocycles. The number of unbranched alkanes of at least 4 members (excludes halogenated alkanes) is 13. The fourth-order valence-corrected chi connectivity index (χ4v) is 2.99. The van der Waals surface area contributed by atoms with E-state index in [1.165, 1.54) is 83.5 Å². The van der Waals surface area contributed by atoms with Gasteiger partial charge in [-0.25, -0.2) is 0 Å². The van der Waals surface area contributed by atoms with Crippen LogP contribution in [0.2, 0.25) is 0 Å². The number of aliphatic carboxylic acids is 1. The van der Waals surface area contributed by atoms with Crippen LogP contribution in [0.25, 0.3) is 0 Å². The maximum Gasteiger partial charge on any atom is 0.320 e. The number of carbonyl (C=O) groups is 1. The highest BCUT2D eigenvalue weighted by Gasteiger charge is 2.09. The summed E-state index contributed by atoms with van der Waals surface area (Å²) in [4.78, 5) is 10.1. The van der Waals surface area contributed by atoms with Gasteiger partial charge < -0.3 is 21.7 Å². The Morgan fingerprint density at radius 1 is 0.793 bits per heavy atom. The van der Waals surface area contributed by atoms with E-state index >= 15 is 0 Å². The number of hydrogen-bond donors (Lipinski definition) is 4.